The molecular formula is C11H12Cl2N2S2. The van der Waals surface area contributed by atoms with E-state index in [1.54, 1.807) is 11.3 Å². The van der Waals surface area contributed by atoms with Crippen LogP contribution >= 0.6 is 45.9 Å². The summed E-state index contributed by atoms with van der Waals surface area (Å²) in [4.78, 5) is 4.40. The summed E-state index contributed by atoms with van der Waals surface area (Å²) in [5.74, 6) is 0. The number of rotatable bonds is 4. The first-order valence-electron chi connectivity index (χ1n) is 5.15. The molecule has 0 aliphatic carbocycles. The summed E-state index contributed by atoms with van der Waals surface area (Å²) in [6.07, 6.45) is 0. The van der Waals surface area contributed by atoms with Crippen LogP contribution in [-0.2, 0) is 6.54 Å². The van der Waals surface area contributed by atoms with Crippen molar-refractivity contribution in [1.29, 1.82) is 0 Å². The van der Waals surface area contributed by atoms with Gasteiger partial charge in [0.15, 0.2) is 0 Å². The van der Waals surface area contributed by atoms with E-state index in [1.165, 1.54) is 11.3 Å². The lowest BCUT2D eigenvalue weighted by Crippen LogP contribution is -2.18. The first kappa shape index (κ1) is 13.3. The maximum absolute atomic E-state index is 6.11. The highest BCUT2D eigenvalue weighted by Crippen LogP contribution is 2.34. The number of nitrogens with zero attached hydrogens (tertiary/aromatic N) is 1. The van der Waals surface area contributed by atoms with Gasteiger partial charge in [-0.15, -0.1) is 22.7 Å². The average molecular weight is 307 g/mol. The molecule has 0 radical (unpaired) electrons. The highest BCUT2D eigenvalue weighted by molar-refractivity contribution is 7.20. The van der Waals surface area contributed by atoms with Crippen LogP contribution in [0.4, 0.5) is 0 Å². The second kappa shape index (κ2) is 5.67. The van der Waals surface area contributed by atoms with Crippen molar-refractivity contribution < 1.29 is 0 Å². The summed E-state index contributed by atoms with van der Waals surface area (Å²) in [5, 5.41) is 6.55. The fraction of sp³-hybridized carbons (Fsp3) is 0.364. The van der Waals surface area contributed by atoms with Crippen LogP contribution in [0.3, 0.4) is 0 Å². The molecule has 0 amide bonds. The number of aryl methyl sites for hydroxylation is 1. The van der Waals surface area contributed by atoms with E-state index in [9.17, 15) is 0 Å². The third-order valence-electron chi connectivity index (χ3n) is 2.41. The minimum atomic E-state index is 0.174. The topological polar surface area (TPSA) is 24.9 Å². The number of aromatic nitrogens is 1. The van der Waals surface area contributed by atoms with Crippen LogP contribution in [0.15, 0.2) is 11.4 Å². The largest absolute Gasteiger partial charge is 0.304 e. The van der Waals surface area contributed by atoms with Gasteiger partial charge in [-0.25, -0.2) is 4.98 Å². The number of hydrogen-bond donors (Lipinski definition) is 1. The molecule has 0 fully saturated rings. The van der Waals surface area contributed by atoms with E-state index in [4.69, 9.17) is 23.2 Å². The number of nitrogens with one attached hydrogen (secondary N) is 1. The van der Waals surface area contributed by atoms with Crippen molar-refractivity contribution in [3.8, 4) is 0 Å². The van der Waals surface area contributed by atoms with E-state index >= 15 is 0 Å². The van der Waals surface area contributed by atoms with Crippen LogP contribution in [0.25, 0.3) is 0 Å². The maximum Gasteiger partial charge on any atom is 0.0991 e. The van der Waals surface area contributed by atoms with Crippen molar-refractivity contribution in [2.45, 2.75) is 26.4 Å². The second-order valence-corrected chi connectivity index (χ2v) is 7.09. The molecule has 2 heterocycles. The normalized spacial score (nSPS) is 12.9. The van der Waals surface area contributed by atoms with E-state index in [-0.39, 0.29) is 6.04 Å². The number of thiophene rings is 1. The van der Waals surface area contributed by atoms with Gasteiger partial charge in [0.25, 0.3) is 0 Å². The molecule has 1 unspecified atom stereocenters. The molecule has 17 heavy (non-hydrogen) atoms. The van der Waals surface area contributed by atoms with Crippen LogP contribution in [0, 0.1) is 6.92 Å². The molecule has 6 heteroatoms. The SMILES string of the molecule is Cc1nc(CNC(C)c2cc(Cl)sc2Cl)cs1. The van der Waals surface area contributed by atoms with Crippen LogP contribution < -0.4 is 5.32 Å². The van der Waals surface area contributed by atoms with Gasteiger partial charge in [-0.3, -0.25) is 0 Å². The molecule has 0 spiro atoms. The molecule has 0 aromatic carbocycles. The lowest BCUT2D eigenvalue weighted by molar-refractivity contribution is 0.570. The Morgan fingerprint density at radius 3 is 2.76 bits per heavy atom. The molecule has 92 valence electrons. The molecule has 2 rings (SSSR count). The molecule has 2 aromatic rings. The summed E-state index contributed by atoms with van der Waals surface area (Å²) in [5.41, 5.74) is 2.12. The minimum Gasteiger partial charge on any atom is -0.304 e. The molecule has 1 atom stereocenters. The highest BCUT2D eigenvalue weighted by atomic mass is 35.5. The van der Waals surface area contributed by atoms with Gasteiger partial charge in [-0.05, 0) is 25.5 Å². The maximum atomic E-state index is 6.11. The minimum absolute atomic E-state index is 0.174. The fourth-order valence-electron chi connectivity index (χ4n) is 1.51. The van der Waals surface area contributed by atoms with E-state index < -0.39 is 0 Å². The van der Waals surface area contributed by atoms with Gasteiger partial charge in [-0.1, -0.05) is 23.2 Å². The van der Waals surface area contributed by atoms with E-state index in [2.05, 4.69) is 22.6 Å². The Labute approximate surface area is 119 Å². The zero-order chi connectivity index (χ0) is 12.4. The molecule has 0 aliphatic heterocycles. The standard InChI is InChI=1S/C11H12Cl2N2S2/c1-6(9-3-10(12)17-11(9)13)14-4-8-5-16-7(2)15-8/h3,5-6,14H,4H2,1-2H3. The lowest BCUT2D eigenvalue weighted by Gasteiger charge is -2.11. The summed E-state index contributed by atoms with van der Waals surface area (Å²) in [6, 6.07) is 2.09. The van der Waals surface area contributed by atoms with E-state index in [0.29, 0.717) is 0 Å². The Hall–Kier alpha value is -0.130. The van der Waals surface area contributed by atoms with E-state index in [1.807, 2.05) is 13.0 Å². The Morgan fingerprint density at radius 2 is 2.24 bits per heavy atom. The first-order chi connectivity index (χ1) is 8.06. The first-order valence-corrected chi connectivity index (χ1v) is 7.60. The summed E-state index contributed by atoms with van der Waals surface area (Å²) in [6.45, 7) is 4.83. The number of thiazole rings is 1. The van der Waals surface area contributed by atoms with Gasteiger partial charge in [0, 0.05) is 18.0 Å². The predicted molar refractivity (Wildman–Crippen MR) is 76.4 cm³/mol. The molecule has 2 aromatic heterocycles. The molecule has 0 bridgehead atoms. The Bertz CT molecular complexity index is 507. The van der Waals surface area contributed by atoms with Gasteiger partial charge < -0.3 is 5.32 Å². The fourth-order valence-corrected chi connectivity index (χ4v) is 3.76. The zero-order valence-electron chi connectivity index (χ0n) is 9.46. The molecule has 2 nitrogen and oxygen atoms in total. The molecular weight excluding hydrogens is 295 g/mol. The zero-order valence-corrected chi connectivity index (χ0v) is 12.6. The van der Waals surface area contributed by atoms with Crippen molar-refractivity contribution in [3.05, 3.63) is 36.4 Å². The smallest absolute Gasteiger partial charge is 0.0991 e. The number of hydrogen-bond acceptors (Lipinski definition) is 4. The summed E-state index contributed by atoms with van der Waals surface area (Å²) >= 11 is 15.1. The second-order valence-electron chi connectivity index (χ2n) is 3.74. The van der Waals surface area contributed by atoms with Crippen LogP contribution in [0.1, 0.15) is 29.2 Å². The monoisotopic (exact) mass is 306 g/mol. The van der Waals surface area contributed by atoms with E-state index in [0.717, 1.165) is 31.5 Å². The van der Waals surface area contributed by atoms with Crippen molar-refractivity contribution >= 4 is 45.9 Å². The quantitative estimate of drug-likeness (QED) is 0.888. The van der Waals surface area contributed by atoms with Crippen molar-refractivity contribution in [2.24, 2.45) is 0 Å². The third kappa shape index (κ3) is 3.42. The van der Waals surface area contributed by atoms with Gasteiger partial charge >= 0.3 is 0 Å². The molecule has 1 N–H and O–H groups in total. The average Bonchev–Trinajstić information content (AvgIpc) is 2.81. The van der Waals surface area contributed by atoms with Crippen molar-refractivity contribution in [1.82, 2.24) is 10.3 Å². The van der Waals surface area contributed by atoms with Gasteiger partial charge in [0.1, 0.15) is 0 Å². The summed E-state index contributed by atoms with van der Waals surface area (Å²) < 4.78 is 1.48. The van der Waals surface area contributed by atoms with Crippen molar-refractivity contribution in [2.75, 3.05) is 0 Å². The Balaban J connectivity index is 1.97. The summed E-state index contributed by atoms with van der Waals surface area (Å²) in [7, 11) is 0. The van der Waals surface area contributed by atoms with Gasteiger partial charge in [0.05, 0.1) is 19.4 Å². The molecule has 0 saturated carbocycles. The van der Waals surface area contributed by atoms with Crippen LogP contribution in [0.2, 0.25) is 8.67 Å². The van der Waals surface area contributed by atoms with Crippen LogP contribution in [-0.4, -0.2) is 4.98 Å². The third-order valence-corrected chi connectivity index (χ3v) is 4.75. The predicted octanol–water partition coefficient (Wildman–Crippen LogP) is 4.67. The highest BCUT2D eigenvalue weighted by Gasteiger charge is 2.13. The van der Waals surface area contributed by atoms with Crippen LogP contribution in [0.5, 0.6) is 0 Å². The Kier molecular flexibility index (Phi) is 4.44. The van der Waals surface area contributed by atoms with Gasteiger partial charge in [-0.2, -0.15) is 0 Å². The Morgan fingerprint density at radius 1 is 1.47 bits per heavy atom. The van der Waals surface area contributed by atoms with Gasteiger partial charge in [0.2, 0.25) is 0 Å². The van der Waals surface area contributed by atoms with Crippen molar-refractivity contribution in [3.63, 3.8) is 0 Å². The number of halogens is 2. The molecule has 0 saturated heterocycles. The lowest BCUT2D eigenvalue weighted by atomic mass is 10.2. The molecule has 0 aliphatic rings.